The van der Waals surface area contributed by atoms with Crippen LogP contribution >= 0.6 is 0 Å². The maximum atomic E-state index is 10.6. The van der Waals surface area contributed by atoms with Gasteiger partial charge in [-0.15, -0.1) is 0 Å². The minimum atomic E-state index is -1.20. The number of hydrogen-bond donors (Lipinski definition) is 2. The van der Waals surface area contributed by atoms with Crippen molar-refractivity contribution in [2.75, 3.05) is 0 Å². The molecule has 0 radical (unpaired) electrons. The summed E-state index contributed by atoms with van der Waals surface area (Å²) in [6.45, 7) is 0. The molecule has 3 aliphatic carbocycles. The van der Waals surface area contributed by atoms with Gasteiger partial charge >= 0.3 is 0 Å². The van der Waals surface area contributed by atoms with Crippen LogP contribution in [-0.4, -0.2) is 15.8 Å². The van der Waals surface area contributed by atoms with Crippen LogP contribution in [0.5, 0.6) is 0 Å². The van der Waals surface area contributed by atoms with Gasteiger partial charge in [0, 0.05) is 0 Å². The molecule has 0 amide bonds. The first kappa shape index (κ1) is 10.6. The van der Waals surface area contributed by atoms with Crippen molar-refractivity contribution in [1.82, 2.24) is 0 Å². The van der Waals surface area contributed by atoms with Crippen molar-refractivity contribution < 1.29 is 10.2 Å². The fraction of sp³-hybridized carbons (Fsp3) is 0.0588. The Morgan fingerprint density at radius 2 is 1.84 bits per heavy atom. The highest BCUT2D eigenvalue weighted by molar-refractivity contribution is 5.84. The van der Waals surface area contributed by atoms with E-state index in [0.29, 0.717) is 0 Å². The molecule has 1 aromatic rings. The number of fused-ring (bicyclic) bond motifs is 4. The summed E-state index contributed by atoms with van der Waals surface area (Å²) < 4.78 is 0. The first-order chi connectivity index (χ1) is 9.17. The number of aliphatic hydroxyl groups excluding tert-OH is 1. The lowest BCUT2D eigenvalue weighted by atomic mass is 9.81. The predicted octanol–water partition coefficient (Wildman–Crippen LogP) is 1.41. The quantitative estimate of drug-likeness (QED) is 0.729. The van der Waals surface area contributed by atoms with E-state index in [1.54, 1.807) is 18.2 Å². The van der Waals surface area contributed by atoms with Crippen LogP contribution in [0.2, 0.25) is 0 Å². The summed E-state index contributed by atoms with van der Waals surface area (Å²) in [5.41, 5.74) is 1.93. The van der Waals surface area contributed by atoms with Crippen LogP contribution in [0.15, 0.2) is 48.3 Å². The van der Waals surface area contributed by atoms with Gasteiger partial charge in [0.25, 0.3) is 0 Å². The molecule has 92 valence electrons. The molecule has 1 atom stereocenters. The Bertz CT molecular complexity index is 835. The molecule has 0 spiro atoms. The lowest BCUT2D eigenvalue weighted by Crippen LogP contribution is -2.35. The van der Waals surface area contributed by atoms with Gasteiger partial charge in [-0.2, -0.15) is 0 Å². The molecule has 0 bridgehead atoms. The molecule has 2 nitrogen and oxygen atoms in total. The zero-order valence-corrected chi connectivity index (χ0v) is 10.2. The summed E-state index contributed by atoms with van der Waals surface area (Å²) in [7, 11) is 0. The average molecular weight is 248 g/mol. The zero-order valence-electron chi connectivity index (χ0n) is 10.2. The summed E-state index contributed by atoms with van der Waals surface area (Å²) in [6, 6.07) is 4.09. The highest BCUT2D eigenvalue weighted by Gasteiger charge is 2.31. The van der Waals surface area contributed by atoms with Crippen LogP contribution in [-0.2, 0) is 0 Å². The van der Waals surface area contributed by atoms with E-state index in [2.05, 4.69) is 18.2 Å². The molecule has 1 unspecified atom stereocenters. The van der Waals surface area contributed by atoms with Gasteiger partial charge < -0.3 is 10.2 Å². The molecule has 3 aliphatic rings. The summed E-state index contributed by atoms with van der Waals surface area (Å²) in [5.74, 6) is 0.0914. The Morgan fingerprint density at radius 1 is 0.947 bits per heavy atom. The molecule has 0 saturated heterocycles. The van der Waals surface area contributed by atoms with Gasteiger partial charge in [-0.1, -0.05) is 42.5 Å². The van der Waals surface area contributed by atoms with Gasteiger partial charge in [-0.05, 0) is 45.4 Å². The summed E-state index contributed by atoms with van der Waals surface area (Å²) >= 11 is 0. The Kier molecular flexibility index (Phi) is 1.88. The standard InChI is InChI=1S/C17H12O2/c18-12-5-7-16-15-6-4-11-2-1-3-13(11)14(15)8-9-17(16,19)10-12/h1-10,18-19H. The van der Waals surface area contributed by atoms with Crippen LogP contribution < -0.4 is 10.4 Å². The number of aliphatic hydroxyl groups is 2. The number of hydrogen-bond acceptors (Lipinski definition) is 2. The third-order valence-corrected chi connectivity index (χ3v) is 3.87. The van der Waals surface area contributed by atoms with E-state index in [9.17, 15) is 10.2 Å². The van der Waals surface area contributed by atoms with Gasteiger partial charge in [-0.25, -0.2) is 0 Å². The van der Waals surface area contributed by atoms with Crippen molar-refractivity contribution in [2.24, 2.45) is 0 Å². The second kappa shape index (κ2) is 3.37. The first-order valence-corrected chi connectivity index (χ1v) is 6.25. The van der Waals surface area contributed by atoms with Crippen molar-refractivity contribution in [3.63, 3.8) is 0 Å². The fourth-order valence-corrected chi connectivity index (χ4v) is 2.95. The summed E-state index contributed by atoms with van der Waals surface area (Å²) in [6.07, 6.45) is 14.7. The largest absolute Gasteiger partial charge is 0.508 e. The van der Waals surface area contributed by atoms with Gasteiger partial charge in [0.1, 0.15) is 11.4 Å². The van der Waals surface area contributed by atoms with Crippen LogP contribution in [0.1, 0.15) is 11.1 Å². The molecule has 4 rings (SSSR count). The molecule has 2 heteroatoms. The van der Waals surface area contributed by atoms with Gasteiger partial charge in [0.15, 0.2) is 0 Å². The SMILES string of the molecule is OC1=CC2(O)C=Cc3c4c(ccc3=C2C=C1)=CC=C4. The van der Waals surface area contributed by atoms with Gasteiger partial charge in [0.2, 0.25) is 0 Å². The maximum Gasteiger partial charge on any atom is 0.131 e. The highest BCUT2D eigenvalue weighted by Crippen LogP contribution is 2.31. The third kappa shape index (κ3) is 1.35. The monoisotopic (exact) mass is 248 g/mol. The van der Waals surface area contributed by atoms with Crippen LogP contribution in [0.3, 0.4) is 0 Å². The van der Waals surface area contributed by atoms with E-state index in [1.807, 2.05) is 18.2 Å². The van der Waals surface area contributed by atoms with Crippen LogP contribution in [0, 0.1) is 0 Å². The molecule has 0 aliphatic heterocycles. The molecule has 0 aromatic heterocycles. The van der Waals surface area contributed by atoms with Crippen molar-refractivity contribution in [3.8, 4) is 0 Å². The molecule has 2 N–H and O–H groups in total. The normalized spacial score (nSPS) is 25.5. The lowest BCUT2D eigenvalue weighted by Gasteiger charge is -2.29. The lowest BCUT2D eigenvalue weighted by molar-refractivity contribution is 0.198. The molecule has 1 aromatic carbocycles. The van der Waals surface area contributed by atoms with E-state index in [1.165, 1.54) is 16.9 Å². The van der Waals surface area contributed by atoms with E-state index >= 15 is 0 Å². The van der Waals surface area contributed by atoms with Crippen LogP contribution in [0.25, 0.3) is 23.8 Å². The van der Waals surface area contributed by atoms with E-state index < -0.39 is 5.60 Å². The third-order valence-electron chi connectivity index (χ3n) is 3.87. The molecule has 19 heavy (non-hydrogen) atoms. The van der Waals surface area contributed by atoms with Crippen molar-refractivity contribution in [1.29, 1.82) is 0 Å². The molecule has 0 saturated carbocycles. The van der Waals surface area contributed by atoms with E-state index in [0.717, 1.165) is 16.4 Å². The number of benzene rings is 1. The van der Waals surface area contributed by atoms with E-state index in [4.69, 9.17) is 0 Å². The Balaban J connectivity index is 2.13. The highest BCUT2D eigenvalue weighted by atomic mass is 16.3. The second-order valence-corrected chi connectivity index (χ2v) is 5.03. The number of allylic oxidation sites excluding steroid dienone is 2. The Morgan fingerprint density at radius 3 is 2.74 bits per heavy atom. The Labute approximate surface area is 110 Å². The maximum absolute atomic E-state index is 10.6. The van der Waals surface area contributed by atoms with Gasteiger partial charge in [-0.3, -0.25) is 0 Å². The minimum Gasteiger partial charge on any atom is -0.508 e. The Hall–Kier alpha value is -2.32. The van der Waals surface area contributed by atoms with Crippen molar-refractivity contribution in [2.45, 2.75) is 5.60 Å². The predicted molar refractivity (Wildman–Crippen MR) is 76.4 cm³/mol. The molecular formula is C17H12O2. The van der Waals surface area contributed by atoms with E-state index in [-0.39, 0.29) is 5.76 Å². The molecular weight excluding hydrogens is 236 g/mol. The molecule has 0 fully saturated rings. The van der Waals surface area contributed by atoms with Crippen LogP contribution in [0.4, 0.5) is 0 Å². The fourth-order valence-electron chi connectivity index (χ4n) is 2.95. The summed E-state index contributed by atoms with van der Waals surface area (Å²) in [4.78, 5) is 0. The summed E-state index contributed by atoms with van der Waals surface area (Å²) in [5, 5.41) is 22.4. The average Bonchev–Trinajstić information content (AvgIpc) is 2.85. The first-order valence-electron chi connectivity index (χ1n) is 6.25. The molecule has 0 heterocycles. The topological polar surface area (TPSA) is 40.5 Å². The zero-order chi connectivity index (χ0) is 13.0. The van der Waals surface area contributed by atoms with Crippen molar-refractivity contribution in [3.05, 3.63) is 69.8 Å². The minimum absolute atomic E-state index is 0.0914. The second-order valence-electron chi connectivity index (χ2n) is 5.03. The number of rotatable bonds is 0. The van der Waals surface area contributed by atoms with Crippen molar-refractivity contribution >= 4 is 23.8 Å². The van der Waals surface area contributed by atoms with Gasteiger partial charge in [0.05, 0.1) is 0 Å². The smallest absolute Gasteiger partial charge is 0.131 e.